The van der Waals surface area contributed by atoms with Crippen molar-refractivity contribution >= 4 is 32.8 Å². The molecule has 0 radical (unpaired) electrons. The van der Waals surface area contributed by atoms with E-state index in [1.807, 2.05) is 71.3 Å². The van der Waals surface area contributed by atoms with E-state index < -0.39 is 6.85 Å². The number of para-hydroxylation sites is 4. The molecule has 0 spiro atoms. The predicted molar refractivity (Wildman–Crippen MR) is 259 cm³/mol. The fourth-order valence-electron chi connectivity index (χ4n) is 9.82. The van der Waals surface area contributed by atoms with Gasteiger partial charge in [0.05, 0.1) is 0 Å². The second kappa shape index (κ2) is 16.3. The molecule has 1 atom stereocenters. The number of nitrogens with zero attached hydrogens (tertiary/aromatic N) is 4. The van der Waals surface area contributed by atoms with Gasteiger partial charge in [0.1, 0.15) is 0 Å². The van der Waals surface area contributed by atoms with Crippen LogP contribution in [0.15, 0.2) is 194 Å². The van der Waals surface area contributed by atoms with Crippen LogP contribution in [0.3, 0.4) is 0 Å². The van der Waals surface area contributed by atoms with Crippen LogP contribution in [-0.2, 0) is 25.8 Å². The molecular weight excluding hydrogens is 976 g/mol. The third-order valence-corrected chi connectivity index (χ3v) is 13.8. The zero-order valence-corrected chi connectivity index (χ0v) is 37.5. The normalized spacial score (nSPS) is 14.6. The van der Waals surface area contributed by atoms with Crippen LogP contribution in [0.5, 0.6) is 11.5 Å². The Morgan fingerprint density at radius 1 is 0.600 bits per heavy atom. The van der Waals surface area contributed by atoms with Gasteiger partial charge in [-0.15, -0.1) is 0 Å². The Hall–Kier alpha value is -7.33. The first-order chi connectivity index (χ1) is 33.3. The Balaban J connectivity index is 0.969. The molecule has 1 aliphatic rings. The molecule has 0 saturated heterocycles. The molecular formula is C59H42N4OPt-2. The summed E-state index contributed by atoms with van der Waals surface area (Å²) in [6, 6.07) is 71.7. The monoisotopic (exact) mass is 1020 g/mol. The zero-order valence-electron chi connectivity index (χ0n) is 38.2. The Kier molecular flexibility index (Phi) is 9.06. The van der Waals surface area contributed by atoms with Gasteiger partial charge in [-0.05, 0) is 30.1 Å². The summed E-state index contributed by atoms with van der Waals surface area (Å²) in [6.45, 7) is -2.37. The van der Waals surface area contributed by atoms with Gasteiger partial charge in [0.15, 0.2) is 0 Å². The molecule has 0 fully saturated rings. The van der Waals surface area contributed by atoms with Crippen molar-refractivity contribution in [2.24, 2.45) is 0 Å². The van der Waals surface area contributed by atoms with Gasteiger partial charge < -0.3 is 0 Å². The summed E-state index contributed by atoms with van der Waals surface area (Å²) in [4.78, 5) is 4.90. The molecule has 0 bridgehead atoms. The minimum absolute atomic E-state index is 0.00337. The molecule has 3 heterocycles. The van der Waals surface area contributed by atoms with Crippen molar-refractivity contribution in [3.05, 3.63) is 227 Å². The number of aryl methyl sites for hydroxylation is 2. The number of imidazole rings is 1. The van der Waals surface area contributed by atoms with Crippen molar-refractivity contribution in [2.75, 3.05) is 0 Å². The summed E-state index contributed by atoms with van der Waals surface area (Å²) in [6.07, 6.45) is 4.62. The number of fused-ring (bicyclic) bond motifs is 5. The Labute approximate surface area is 393 Å². The van der Waals surface area contributed by atoms with E-state index in [4.69, 9.17) is 13.8 Å². The molecule has 316 valence electrons. The van der Waals surface area contributed by atoms with E-state index in [1.165, 1.54) is 5.56 Å². The molecule has 1 unspecified atom stereocenters. The van der Waals surface area contributed by atoms with E-state index in [9.17, 15) is 0 Å². The third kappa shape index (κ3) is 6.81. The molecule has 3 aromatic heterocycles. The van der Waals surface area contributed by atoms with Crippen LogP contribution < -0.4 is 4.74 Å². The van der Waals surface area contributed by atoms with Crippen LogP contribution in [0, 0.1) is 22.8 Å². The summed E-state index contributed by atoms with van der Waals surface area (Å²) < 4.78 is 40.4. The van der Waals surface area contributed by atoms with Crippen LogP contribution in [0.25, 0.3) is 77.7 Å². The van der Waals surface area contributed by atoms with Crippen LogP contribution in [0.2, 0.25) is 0 Å². The summed E-state index contributed by atoms with van der Waals surface area (Å²) in [7, 11) is 0. The number of aromatic nitrogens is 4. The summed E-state index contributed by atoms with van der Waals surface area (Å²) in [5, 5.41) is 1.96. The van der Waals surface area contributed by atoms with Crippen molar-refractivity contribution in [3.63, 3.8) is 0 Å². The molecule has 0 saturated carbocycles. The molecule has 0 amide bonds. The Bertz CT molecular complexity index is 3710. The predicted octanol–water partition coefficient (Wildman–Crippen LogP) is 14.6. The first-order valence-corrected chi connectivity index (χ1v) is 23.1. The molecule has 5 nitrogen and oxygen atoms in total. The number of rotatable bonds is 8. The summed E-state index contributed by atoms with van der Waals surface area (Å²) in [5.74, 6) is 1.61. The van der Waals surface area contributed by atoms with Crippen molar-refractivity contribution in [1.29, 1.82) is 0 Å². The van der Waals surface area contributed by atoms with Crippen LogP contribution in [0.4, 0.5) is 0 Å². The zero-order chi connectivity index (χ0) is 45.9. The van der Waals surface area contributed by atoms with Gasteiger partial charge in [0.25, 0.3) is 0 Å². The second-order valence-corrected chi connectivity index (χ2v) is 17.5. The van der Waals surface area contributed by atoms with Crippen LogP contribution in [0.1, 0.15) is 39.7 Å². The molecule has 0 N–H and O–H groups in total. The van der Waals surface area contributed by atoms with E-state index >= 15 is 0 Å². The van der Waals surface area contributed by atoms with Gasteiger partial charge in [-0.25, -0.2) is 4.98 Å². The first kappa shape index (κ1) is 36.1. The van der Waals surface area contributed by atoms with Crippen molar-refractivity contribution in [1.82, 2.24) is 18.7 Å². The fourth-order valence-corrected chi connectivity index (χ4v) is 11.0. The molecule has 0 aliphatic heterocycles. The summed E-state index contributed by atoms with van der Waals surface area (Å²) >= 11 is 2.54. The number of hydrogen-bond acceptors (Lipinski definition) is 2. The molecule has 6 heteroatoms. The Morgan fingerprint density at radius 3 is 1.92 bits per heavy atom. The van der Waals surface area contributed by atoms with E-state index in [0.717, 1.165) is 95.0 Å². The minimum atomic E-state index is -2.37. The maximum absolute atomic E-state index is 8.54. The standard InChI is InChI=1S/C59H42N4O.Pt/c1-40-35-58(60-38-52(40)43-21-9-4-10-22-43)63-54-27-12-11-24-49(54)50-34-33-46(37-57(50)63)64-45-32-31-44-23-15-30-53(51(44)36-45)61-39-62(56-29-14-13-28-55(56)61)59-47(41-17-5-2-6-18-41)25-16-26-48(59)42-19-7-3-8-20-42;/h2-14,16-22,24-29,31-35,38,53H,15,23,30H2,1H3;/q-2;/i1D3;. The van der Waals surface area contributed by atoms with Gasteiger partial charge in [-0.1, -0.05) is 48.5 Å². The second-order valence-electron chi connectivity index (χ2n) is 16.5. The van der Waals surface area contributed by atoms with Gasteiger partial charge in [-0.2, -0.15) is 0 Å². The Morgan fingerprint density at radius 2 is 1.22 bits per heavy atom. The van der Waals surface area contributed by atoms with Gasteiger partial charge >= 0.3 is 296 Å². The van der Waals surface area contributed by atoms with Gasteiger partial charge in [-0.3, -0.25) is 0 Å². The van der Waals surface area contributed by atoms with E-state index in [0.29, 0.717) is 22.9 Å². The maximum atomic E-state index is 8.54. The van der Waals surface area contributed by atoms with Gasteiger partial charge in [0.2, 0.25) is 0 Å². The summed E-state index contributed by atoms with van der Waals surface area (Å²) in [5.41, 5.74) is 13.7. The average Bonchev–Trinajstić information content (AvgIpc) is 3.86. The third-order valence-electron chi connectivity index (χ3n) is 12.8. The molecule has 65 heavy (non-hydrogen) atoms. The molecule has 8 aromatic carbocycles. The number of ether oxygens (including phenoxy) is 1. The van der Waals surface area contributed by atoms with Crippen LogP contribution in [-0.4, -0.2) is 18.7 Å². The topological polar surface area (TPSA) is 36.9 Å². The number of benzene rings is 8. The molecule has 11 aromatic rings. The van der Waals surface area contributed by atoms with Crippen molar-refractivity contribution in [2.45, 2.75) is 32.2 Å². The smallest absolute Gasteiger partial charge is 0.238 e. The molecule has 1 aliphatic carbocycles. The van der Waals surface area contributed by atoms with Gasteiger partial charge in [0, 0.05) is 15.9 Å². The van der Waals surface area contributed by atoms with Crippen molar-refractivity contribution < 1.29 is 28.2 Å². The fraction of sp³-hybridized carbons (Fsp3) is 0.0847. The number of hydrogen-bond donors (Lipinski definition) is 0. The van der Waals surface area contributed by atoms with E-state index in [1.54, 1.807) is 12.3 Å². The first-order valence-electron chi connectivity index (χ1n) is 23.5. The molecule has 12 rings (SSSR count). The quantitative estimate of drug-likeness (QED) is 0.142. The number of pyridine rings is 1. The minimum Gasteiger partial charge on any atom is -0.238 e. The van der Waals surface area contributed by atoms with Crippen LogP contribution >= 0.6 is 0 Å². The van der Waals surface area contributed by atoms with E-state index in [2.05, 4.69) is 156 Å². The van der Waals surface area contributed by atoms with E-state index in [-0.39, 0.29) is 11.6 Å². The average molecular weight is 1020 g/mol. The van der Waals surface area contributed by atoms with Crippen molar-refractivity contribution in [3.8, 4) is 56.4 Å². The SMILES string of the molecule is [2H]C([2H])([2H])c1cc(-n2c3[c-]c(Oc4[c-]c5c(cc4)CCCC5n4[c](=[Pt])n(-c5c(-c6ccccc6)cccc5-c5ccccc5)c5ccccc54)ccc3c3ccccc32)ncc1-c1ccccc1.